The van der Waals surface area contributed by atoms with Gasteiger partial charge in [0, 0.05) is 5.38 Å². The van der Waals surface area contributed by atoms with Crippen molar-refractivity contribution in [3.8, 4) is 0 Å². The summed E-state index contributed by atoms with van der Waals surface area (Å²) in [6.45, 7) is 9.32. The Morgan fingerprint density at radius 1 is 1.14 bits per heavy atom. The van der Waals surface area contributed by atoms with Crippen LogP contribution in [0.3, 0.4) is 0 Å². The highest BCUT2D eigenvalue weighted by atomic mass is 35.5. The summed E-state index contributed by atoms with van der Waals surface area (Å²) in [6, 6.07) is 0. The van der Waals surface area contributed by atoms with Gasteiger partial charge in [-0.3, -0.25) is 0 Å². The van der Waals surface area contributed by atoms with Gasteiger partial charge in [-0.05, 0) is 49.4 Å². The van der Waals surface area contributed by atoms with Crippen LogP contribution in [-0.4, -0.2) is 5.38 Å². The maximum absolute atomic E-state index is 6.40. The standard InChI is InChI=1S/C13H25Cl/c1-9(2)7-12-8-11(10(3)4)5-6-13(12)14/h9-13H,5-8H2,1-4H3. The van der Waals surface area contributed by atoms with Crippen molar-refractivity contribution in [1.29, 1.82) is 0 Å². The third kappa shape index (κ3) is 3.46. The zero-order valence-corrected chi connectivity index (χ0v) is 10.8. The Morgan fingerprint density at radius 2 is 1.79 bits per heavy atom. The highest BCUT2D eigenvalue weighted by Gasteiger charge is 2.30. The molecule has 84 valence electrons. The van der Waals surface area contributed by atoms with Crippen molar-refractivity contribution in [2.45, 2.75) is 58.8 Å². The zero-order chi connectivity index (χ0) is 10.7. The lowest BCUT2D eigenvalue weighted by molar-refractivity contribution is 0.198. The summed E-state index contributed by atoms with van der Waals surface area (Å²) in [6.07, 6.45) is 5.27. The summed E-state index contributed by atoms with van der Waals surface area (Å²) in [5.74, 6) is 3.34. The minimum atomic E-state index is 0.451. The van der Waals surface area contributed by atoms with Crippen molar-refractivity contribution in [1.82, 2.24) is 0 Å². The topological polar surface area (TPSA) is 0 Å². The lowest BCUT2D eigenvalue weighted by Crippen LogP contribution is -2.28. The summed E-state index contributed by atoms with van der Waals surface area (Å²) in [5, 5.41) is 0.451. The van der Waals surface area contributed by atoms with Crippen molar-refractivity contribution >= 4 is 11.6 Å². The summed E-state index contributed by atoms with van der Waals surface area (Å²) in [5.41, 5.74) is 0. The van der Waals surface area contributed by atoms with Gasteiger partial charge in [0.15, 0.2) is 0 Å². The van der Waals surface area contributed by atoms with Gasteiger partial charge in [-0.2, -0.15) is 0 Å². The highest BCUT2D eigenvalue weighted by Crippen LogP contribution is 2.39. The summed E-state index contributed by atoms with van der Waals surface area (Å²) in [4.78, 5) is 0. The molecule has 0 aromatic carbocycles. The number of alkyl halides is 1. The largest absolute Gasteiger partial charge is 0.123 e. The summed E-state index contributed by atoms with van der Waals surface area (Å²) >= 11 is 6.40. The van der Waals surface area contributed by atoms with E-state index in [2.05, 4.69) is 27.7 Å². The van der Waals surface area contributed by atoms with E-state index in [0.717, 1.165) is 23.7 Å². The van der Waals surface area contributed by atoms with Crippen molar-refractivity contribution in [3.63, 3.8) is 0 Å². The number of hydrogen-bond donors (Lipinski definition) is 0. The van der Waals surface area contributed by atoms with Gasteiger partial charge in [-0.15, -0.1) is 11.6 Å². The molecular weight excluding hydrogens is 192 g/mol. The SMILES string of the molecule is CC(C)CC1CC(C(C)C)CCC1Cl. The molecule has 3 unspecified atom stereocenters. The molecule has 0 spiro atoms. The molecule has 0 saturated heterocycles. The first-order valence-corrected chi connectivity index (χ1v) is 6.58. The van der Waals surface area contributed by atoms with Crippen LogP contribution >= 0.6 is 11.6 Å². The quantitative estimate of drug-likeness (QED) is 0.600. The first-order chi connectivity index (χ1) is 6.50. The molecule has 3 atom stereocenters. The normalized spacial score (nSPS) is 34.1. The molecule has 0 nitrogen and oxygen atoms in total. The van der Waals surface area contributed by atoms with Gasteiger partial charge in [0.2, 0.25) is 0 Å². The third-order valence-electron chi connectivity index (χ3n) is 3.65. The molecule has 0 aromatic heterocycles. The summed E-state index contributed by atoms with van der Waals surface area (Å²) in [7, 11) is 0. The molecule has 0 radical (unpaired) electrons. The second-order valence-corrected chi connectivity index (χ2v) is 6.28. The Labute approximate surface area is 94.4 Å². The van der Waals surface area contributed by atoms with Gasteiger partial charge >= 0.3 is 0 Å². The molecule has 14 heavy (non-hydrogen) atoms. The maximum Gasteiger partial charge on any atom is 0.0364 e. The van der Waals surface area contributed by atoms with E-state index in [1.54, 1.807) is 0 Å². The van der Waals surface area contributed by atoms with Crippen LogP contribution in [0, 0.1) is 23.7 Å². The summed E-state index contributed by atoms with van der Waals surface area (Å²) < 4.78 is 0. The van der Waals surface area contributed by atoms with E-state index in [0.29, 0.717) is 5.38 Å². The van der Waals surface area contributed by atoms with Gasteiger partial charge < -0.3 is 0 Å². The van der Waals surface area contributed by atoms with Crippen LogP contribution in [0.15, 0.2) is 0 Å². The van der Waals surface area contributed by atoms with Gasteiger partial charge in [0.1, 0.15) is 0 Å². The molecule has 0 aromatic rings. The van der Waals surface area contributed by atoms with E-state index in [9.17, 15) is 0 Å². The first-order valence-electron chi connectivity index (χ1n) is 6.14. The van der Waals surface area contributed by atoms with E-state index < -0.39 is 0 Å². The average molecular weight is 217 g/mol. The van der Waals surface area contributed by atoms with E-state index in [4.69, 9.17) is 11.6 Å². The molecule has 0 aliphatic heterocycles. The van der Waals surface area contributed by atoms with Gasteiger partial charge in [0.25, 0.3) is 0 Å². The fourth-order valence-electron chi connectivity index (χ4n) is 2.72. The molecule has 1 rings (SSSR count). The molecule has 0 N–H and O–H groups in total. The Bertz CT molecular complexity index is 163. The van der Waals surface area contributed by atoms with Crippen LogP contribution < -0.4 is 0 Å². The zero-order valence-electron chi connectivity index (χ0n) is 10.1. The molecule has 1 aliphatic carbocycles. The van der Waals surface area contributed by atoms with E-state index in [1.165, 1.54) is 25.7 Å². The smallest absolute Gasteiger partial charge is 0.0364 e. The Morgan fingerprint density at radius 3 is 2.29 bits per heavy atom. The van der Waals surface area contributed by atoms with Crippen LogP contribution in [0.1, 0.15) is 53.4 Å². The van der Waals surface area contributed by atoms with Crippen LogP contribution in [0.2, 0.25) is 0 Å². The van der Waals surface area contributed by atoms with Crippen molar-refractivity contribution in [2.24, 2.45) is 23.7 Å². The van der Waals surface area contributed by atoms with Crippen LogP contribution in [0.25, 0.3) is 0 Å². The molecule has 1 saturated carbocycles. The Kier molecular flexibility index (Phi) is 4.76. The average Bonchev–Trinajstić information content (AvgIpc) is 2.07. The molecular formula is C13H25Cl. The fourth-order valence-corrected chi connectivity index (χ4v) is 3.05. The van der Waals surface area contributed by atoms with Crippen LogP contribution in [-0.2, 0) is 0 Å². The van der Waals surface area contributed by atoms with Gasteiger partial charge in [-0.1, -0.05) is 27.7 Å². The van der Waals surface area contributed by atoms with Crippen LogP contribution in [0.5, 0.6) is 0 Å². The Hall–Kier alpha value is 0.290. The molecule has 1 aliphatic rings. The molecule has 1 heteroatoms. The van der Waals surface area contributed by atoms with E-state index in [-0.39, 0.29) is 0 Å². The van der Waals surface area contributed by atoms with E-state index in [1.807, 2.05) is 0 Å². The van der Waals surface area contributed by atoms with E-state index >= 15 is 0 Å². The predicted molar refractivity (Wildman–Crippen MR) is 64.8 cm³/mol. The molecule has 1 fully saturated rings. The van der Waals surface area contributed by atoms with Crippen LogP contribution in [0.4, 0.5) is 0 Å². The van der Waals surface area contributed by atoms with Gasteiger partial charge in [0.05, 0.1) is 0 Å². The van der Waals surface area contributed by atoms with Crippen molar-refractivity contribution in [2.75, 3.05) is 0 Å². The minimum Gasteiger partial charge on any atom is -0.123 e. The highest BCUT2D eigenvalue weighted by molar-refractivity contribution is 6.20. The Balaban J connectivity index is 2.46. The monoisotopic (exact) mass is 216 g/mol. The second kappa shape index (κ2) is 5.39. The predicted octanol–water partition coefficient (Wildman–Crippen LogP) is 4.71. The fraction of sp³-hybridized carbons (Fsp3) is 1.00. The molecule has 0 amide bonds. The number of rotatable bonds is 3. The third-order valence-corrected chi connectivity index (χ3v) is 4.22. The molecule has 0 bridgehead atoms. The number of hydrogen-bond acceptors (Lipinski definition) is 0. The second-order valence-electron chi connectivity index (χ2n) is 5.72. The first kappa shape index (κ1) is 12.4. The molecule has 0 heterocycles. The minimum absolute atomic E-state index is 0.451. The van der Waals surface area contributed by atoms with Gasteiger partial charge in [-0.25, -0.2) is 0 Å². The lowest BCUT2D eigenvalue weighted by atomic mass is 9.73. The van der Waals surface area contributed by atoms with Crippen molar-refractivity contribution in [3.05, 3.63) is 0 Å². The number of halogens is 1. The van der Waals surface area contributed by atoms with Crippen molar-refractivity contribution < 1.29 is 0 Å². The maximum atomic E-state index is 6.40. The lowest BCUT2D eigenvalue weighted by Gasteiger charge is -2.35.